The predicted octanol–water partition coefficient (Wildman–Crippen LogP) is 3.72. The summed E-state index contributed by atoms with van der Waals surface area (Å²) in [4.78, 5) is 23.1. The van der Waals surface area contributed by atoms with Crippen molar-refractivity contribution in [2.75, 3.05) is 5.32 Å². The monoisotopic (exact) mass is 308 g/mol. The van der Waals surface area contributed by atoms with Gasteiger partial charge in [0.25, 0.3) is 0 Å². The van der Waals surface area contributed by atoms with Crippen LogP contribution in [0.2, 0.25) is 0 Å². The van der Waals surface area contributed by atoms with Crippen LogP contribution in [0.25, 0.3) is 0 Å². The van der Waals surface area contributed by atoms with Gasteiger partial charge in [0, 0.05) is 29.1 Å². The van der Waals surface area contributed by atoms with Crippen molar-refractivity contribution in [1.82, 2.24) is 0 Å². The molecule has 0 radical (unpaired) electrons. The molecule has 0 aliphatic heterocycles. The van der Waals surface area contributed by atoms with Crippen LogP contribution in [0.15, 0.2) is 60.8 Å². The lowest BCUT2D eigenvalue weighted by Crippen LogP contribution is -2.10. The number of nitrogens with one attached hydrogen (secondary N) is 1. The van der Waals surface area contributed by atoms with Crippen LogP contribution >= 0.6 is 0 Å². The number of nitrogens with two attached hydrogens (primary N) is 1. The highest BCUT2D eigenvalue weighted by Crippen LogP contribution is 2.15. The van der Waals surface area contributed by atoms with Gasteiger partial charge in [-0.2, -0.15) is 0 Å². The van der Waals surface area contributed by atoms with E-state index in [0.717, 1.165) is 5.69 Å². The van der Waals surface area contributed by atoms with Crippen LogP contribution in [0.5, 0.6) is 0 Å². The third-order valence-electron chi connectivity index (χ3n) is 3.52. The van der Waals surface area contributed by atoms with E-state index in [1.165, 1.54) is 11.6 Å². The Kier molecular flexibility index (Phi) is 5.31. The Bertz CT molecular complexity index is 714. The first kappa shape index (κ1) is 16.5. The molecule has 2 aromatic carbocycles. The van der Waals surface area contributed by atoms with E-state index in [9.17, 15) is 9.59 Å². The number of allylic oxidation sites excluding steroid dienone is 1. The summed E-state index contributed by atoms with van der Waals surface area (Å²) in [6, 6.07) is 14.3. The molecule has 1 amide bonds. The molecule has 0 bridgehead atoms. The number of hydrogen-bond donors (Lipinski definition) is 2. The van der Waals surface area contributed by atoms with Crippen LogP contribution in [0, 0.1) is 0 Å². The Balaban J connectivity index is 1.96. The molecule has 0 fully saturated rings. The minimum atomic E-state index is -0.466. The molecule has 2 aromatic rings. The third-order valence-corrected chi connectivity index (χ3v) is 3.52. The van der Waals surface area contributed by atoms with Gasteiger partial charge in [-0.15, -0.1) is 0 Å². The lowest BCUT2D eigenvalue weighted by molar-refractivity contribution is 0.0999. The Morgan fingerprint density at radius 3 is 2.04 bits per heavy atom. The lowest BCUT2D eigenvalue weighted by atomic mass is 10.0. The smallest absolute Gasteiger partial charge is 0.248 e. The SMILES string of the molecule is CC(C)c1ccc(C(=O)C=CNc2ccc(C(N)=O)cc2)cc1. The minimum Gasteiger partial charge on any atom is -0.366 e. The van der Waals surface area contributed by atoms with Crippen molar-refractivity contribution in [3.05, 3.63) is 77.5 Å². The highest BCUT2D eigenvalue weighted by molar-refractivity contribution is 6.04. The number of carbonyl (C=O) groups is 2. The summed E-state index contributed by atoms with van der Waals surface area (Å²) in [5, 5.41) is 2.99. The van der Waals surface area contributed by atoms with Crippen LogP contribution in [-0.2, 0) is 0 Å². The van der Waals surface area contributed by atoms with E-state index in [4.69, 9.17) is 5.73 Å². The Morgan fingerprint density at radius 1 is 0.957 bits per heavy atom. The zero-order chi connectivity index (χ0) is 16.8. The van der Waals surface area contributed by atoms with Gasteiger partial charge in [-0.1, -0.05) is 38.1 Å². The number of ketones is 1. The molecule has 4 nitrogen and oxygen atoms in total. The molecule has 4 heteroatoms. The Labute approximate surface area is 136 Å². The summed E-state index contributed by atoms with van der Waals surface area (Å²) in [5.74, 6) is -0.0894. The van der Waals surface area contributed by atoms with Gasteiger partial charge in [-0.05, 0) is 35.7 Å². The minimum absolute atomic E-state index is 0.0680. The third kappa shape index (κ3) is 4.54. The molecule has 0 saturated heterocycles. The maximum Gasteiger partial charge on any atom is 0.248 e. The van der Waals surface area contributed by atoms with Crippen LogP contribution in [0.1, 0.15) is 46.0 Å². The molecular weight excluding hydrogens is 288 g/mol. The molecule has 0 saturated carbocycles. The molecule has 23 heavy (non-hydrogen) atoms. The average Bonchev–Trinajstić information content (AvgIpc) is 2.55. The van der Waals surface area contributed by atoms with E-state index in [1.54, 1.807) is 30.5 Å². The fourth-order valence-electron chi connectivity index (χ4n) is 2.07. The fourth-order valence-corrected chi connectivity index (χ4v) is 2.07. The highest BCUT2D eigenvalue weighted by Gasteiger charge is 2.03. The molecule has 2 rings (SSSR count). The largest absolute Gasteiger partial charge is 0.366 e. The molecular formula is C19H20N2O2. The summed E-state index contributed by atoms with van der Waals surface area (Å²) in [7, 11) is 0. The Hall–Kier alpha value is -2.88. The van der Waals surface area contributed by atoms with Crippen molar-refractivity contribution in [1.29, 1.82) is 0 Å². The molecule has 0 heterocycles. The van der Waals surface area contributed by atoms with Gasteiger partial charge in [0.15, 0.2) is 5.78 Å². The van der Waals surface area contributed by atoms with Crippen LogP contribution in [0.4, 0.5) is 5.69 Å². The van der Waals surface area contributed by atoms with E-state index in [2.05, 4.69) is 19.2 Å². The molecule has 0 unspecified atom stereocenters. The van der Waals surface area contributed by atoms with Crippen molar-refractivity contribution in [3.63, 3.8) is 0 Å². The quantitative estimate of drug-likeness (QED) is 0.631. The van der Waals surface area contributed by atoms with E-state index in [0.29, 0.717) is 17.0 Å². The van der Waals surface area contributed by atoms with Gasteiger partial charge >= 0.3 is 0 Å². The molecule has 3 N–H and O–H groups in total. The van der Waals surface area contributed by atoms with Gasteiger partial charge < -0.3 is 11.1 Å². The van der Waals surface area contributed by atoms with E-state index >= 15 is 0 Å². The van der Waals surface area contributed by atoms with Gasteiger partial charge in [-0.3, -0.25) is 9.59 Å². The molecule has 0 spiro atoms. The fraction of sp³-hybridized carbons (Fsp3) is 0.158. The van der Waals surface area contributed by atoms with Crippen LogP contribution in [0.3, 0.4) is 0 Å². The number of anilines is 1. The molecule has 0 aliphatic carbocycles. The van der Waals surface area contributed by atoms with Crippen molar-refractivity contribution < 1.29 is 9.59 Å². The van der Waals surface area contributed by atoms with Crippen molar-refractivity contribution >= 4 is 17.4 Å². The Morgan fingerprint density at radius 2 is 1.52 bits per heavy atom. The number of carbonyl (C=O) groups excluding carboxylic acids is 2. The summed E-state index contributed by atoms with van der Waals surface area (Å²) >= 11 is 0. The van der Waals surface area contributed by atoms with E-state index in [1.807, 2.05) is 24.3 Å². The molecule has 0 atom stereocenters. The zero-order valence-electron chi connectivity index (χ0n) is 13.2. The number of amides is 1. The van der Waals surface area contributed by atoms with E-state index in [-0.39, 0.29) is 5.78 Å². The van der Waals surface area contributed by atoms with Crippen molar-refractivity contribution in [2.24, 2.45) is 5.73 Å². The normalized spacial score (nSPS) is 10.9. The first-order chi connectivity index (χ1) is 11.0. The second-order valence-electron chi connectivity index (χ2n) is 5.56. The van der Waals surface area contributed by atoms with E-state index < -0.39 is 5.91 Å². The lowest BCUT2D eigenvalue weighted by Gasteiger charge is -2.05. The second kappa shape index (κ2) is 7.40. The number of rotatable bonds is 6. The van der Waals surface area contributed by atoms with Gasteiger partial charge in [-0.25, -0.2) is 0 Å². The summed E-state index contributed by atoms with van der Waals surface area (Å²) in [5.41, 5.74) is 8.25. The van der Waals surface area contributed by atoms with Crippen LogP contribution in [-0.4, -0.2) is 11.7 Å². The summed E-state index contributed by atoms with van der Waals surface area (Å²) in [6.45, 7) is 4.23. The average molecular weight is 308 g/mol. The van der Waals surface area contributed by atoms with Crippen molar-refractivity contribution in [2.45, 2.75) is 19.8 Å². The van der Waals surface area contributed by atoms with Crippen LogP contribution < -0.4 is 11.1 Å². The molecule has 118 valence electrons. The van der Waals surface area contributed by atoms with Gasteiger partial charge in [0.05, 0.1) is 0 Å². The molecule has 0 aliphatic rings. The molecule has 0 aromatic heterocycles. The first-order valence-corrected chi connectivity index (χ1v) is 7.44. The summed E-state index contributed by atoms with van der Waals surface area (Å²) in [6.07, 6.45) is 3.06. The number of benzene rings is 2. The predicted molar refractivity (Wildman–Crippen MR) is 92.6 cm³/mol. The van der Waals surface area contributed by atoms with Crippen molar-refractivity contribution in [3.8, 4) is 0 Å². The number of hydrogen-bond acceptors (Lipinski definition) is 3. The highest BCUT2D eigenvalue weighted by atomic mass is 16.1. The first-order valence-electron chi connectivity index (χ1n) is 7.44. The standard InChI is InChI=1S/C19H20N2O2/c1-13(2)14-3-5-15(6-4-14)18(22)11-12-21-17-9-7-16(8-10-17)19(20)23/h3-13,21H,1-2H3,(H2,20,23). The maximum absolute atomic E-state index is 12.1. The maximum atomic E-state index is 12.1. The van der Waals surface area contributed by atoms with Gasteiger partial charge in [0.1, 0.15) is 0 Å². The second-order valence-corrected chi connectivity index (χ2v) is 5.56. The topological polar surface area (TPSA) is 72.2 Å². The zero-order valence-corrected chi connectivity index (χ0v) is 13.2. The van der Waals surface area contributed by atoms with Gasteiger partial charge in [0.2, 0.25) is 5.91 Å². The summed E-state index contributed by atoms with van der Waals surface area (Å²) < 4.78 is 0. The number of primary amides is 1.